The summed E-state index contributed by atoms with van der Waals surface area (Å²) in [5.74, 6) is -0.326. The molecule has 0 amide bonds. The van der Waals surface area contributed by atoms with Crippen molar-refractivity contribution in [3.8, 4) is 0 Å². The largest absolute Gasteiger partial charge is 0.465 e. The van der Waals surface area contributed by atoms with Gasteiger partial charge in [-0.3, -0.25) is 14.9 Å². The lowest BCUT2D eigenvalue weighted by atomic mass is 10.2. The summed E-state index contributed by atoms with van der Waals surface area (Å²) in [7, 11) is 0. The summed E-state index contributed by atoms with van der Waals surface area (Å²) < 4.78 is 6.56. The molecule has 1 aromatic heterocycles. The Bertz CT molecular complexity index is 603. The number of esters is 1. The van der Waals surface area contributed by atoms with Crippen LogP contribution in [0, 0.1) is 10.1 Å². The molecule has 2 aromatic rings. The third-order valence-electron chi connectivity index (χ3n) is 2.57. The maximum Gasteiger partial charge on any atom is 0.325 e. The Balaban J connectivity index is 2.31. The van der Waals surface area contributed by atoms with E-state index < -0.39 is 4.92 Å². The highest BCUT2D eigenvalue weighted by Gasteiger charge is 2.10. The number of non-ortho nitro benzene ring substituents is 1. The number of carbonyl (C=O) groups excluding carboxylic acids is 1. The summed E-state index contributed by atoms with van der Waals surface area (Å²) in [5, 5.41) is 11.4. The highest BCUT2D eigenvalue weighted by Crippen LogP contribution is 2.21. The number of hydrogen-bond acceptors (Lipinski definition) is 4. The summed E-state index contributed by atoms with van der Waals surface area (Å²) in [6.07, 6.45) is 1.71. The molecule has 0 fully saturated rings. The normalized spacial score (nSPS) is 10.5. The van der Waals surface area contributed by atoms with Crippen LogP contribution in [-0.2, 0) is 16.1 Å². The summed E-state index contributed by atoms with van der Waals surface area (Å²) in [5.41, 5.74) is 0.810. The van der Waals surface area contributed by atoms with Gasteiger partial charge in [0.15, 0.2) is 0 Å². The second-order valence-electron chi connectivity index (χ2n) is 3.75. The zero-order valence-corrected chi connectivity index (χ0v) is 9.83. The number of aromatic nitrogens is 1. The first-order valence-electron chi connectivity index (χ1n) is 5.50. The molecule has 0 aliphatic rings. The average Bonchev–Trinajstić information content (AvgIpc) is 2.72. The Kier molecular flexibility index (Phi) is 3.27. The van der Waals surface area contributed by atoms with Crippen LogP contribution in [0.2, 0.25) is 0 Å². The summed E-state index contributed by atoms with van der Waals surface area (Å²) in [6, 6.07) is 6.27. The van der Waals surface area contributed by atoms with Crippen molar-refractivity contribution in [2.45, 2.75) is 13.5 Å². The third-order valence-corrected chi connectivity index (χ3v) is 2.57. The fourth-order valence-corrected chi connectivity index (χ4v) is 1.78. The Morgan fingerprint density at radius 2 is 2.22 bits per heavy atom. The zero-order valence-electron chi connectivity index (χ0n) is 9.83. The minimum absolute atomic E-state index is 0.0383. The van der Waals surface area contributed by atoms with Crippen molar-refractivity contribution >= 4 is 22.6 Å². The minimum atomic E-state index is -0.442. The number of nitro groups is 1. The van der Waals surface area contributed by atoms with Crippen LogP contribution in [0.15, 0.2) is 30.5 Å². The molecule has 18 heavy (non-hydrogen) atoms. The second kappa shape index (κ2) is 4.87. The van der Waals surface area contributed by atoms with Gasteiger partial charge in [-0.05, 0) is 19.1 Å². The van der Waals surface area contributed by atoms with Crippen molar-refractivity contribution in [3.05, 3.63) is 40.6 Å². The number of benzene rings is 1. The molecule has 0 radical (unpaired) electrons. The molecule has 0 N–H and O–H groups in total. The highest BCUT2D eigenvalue weighted by atomic mass is 16.6. The van der Waals surface area contributed by atoms with Crippen molar-refractivity contribution in [1.29, 1.82) is 0 Å². The molecule has 0 bridgehead atoms. The fraction of sp³-hybridized carbons (Fsp3) is 0.250. The summed E-state index contributed by atoms with van der Waals surface area (Å²) >= 11 is 0. The van der Waals surface area contributed by atoms with Crippen LogP contribution < -0.4 is 0 Å². The number of rotatable bonds is 4. The highest BCUT2D eigenvalue weighted by molar-refractivity contribution is 5.84. The summed E-state index contributed by atoms with van der Waals surface area (Å²) in [6.45, 7) is 2.19. The number of hydrogen-bond donors (Lipinski definition) is 0. The zero-order chi connectivity index (χ0) is 13.1. The van der Waals surface area contributed by atoms with E-state index in [1.165, 1.54) is 12.1 Å². The fourth-order valence-electron chi connectivity index (χ4n) is 1.78. The van der Waals surface area contributed by atoms with E-state index in [0.717, 1.165) is 10.9 Å². The van der Waals surface area contributed by atoms with E-state index in [2.05, 4.69) is 0 Å². The number of ether oxygens (including phenoxy) is 1. The van der Waals surface area contributed by atoms with E-state index in [1.54, 1.807) is 29.8 Å². The van der Waals surface area contributed by atoms with Gasteiger partial charge in [0.25, 0.3) is 5.69 Å². The predicted octanol–water partition coefficient (Wildman–Crippen LogP) is 2.11. The van der Waals surface area contributed by atoms with E-state index in [4.69, 9.17) is 4.74 Å². The van der Waals surface area contributed by atoms with Crippen LogP contribution in [0.5, 0.6) is 0 Å². The van der Waals surface area contributed by atoms with Crippen molar-refractivity contribution in [2.24, 2.45) is 0 Å². The molecule has 0 aliphatic heterocycles. The van der Waals surface area contributed by atoms with Gasteiger partial charge in [0.05, 0.1) is 11.5 Å². The molecule has 0 spiro atoms. The van der Waals surface area contributed by atoms with Crippen LogP contribution in [0.1, 0.15) is 6.92 Å². The van der Waals surface area contributed by atoms with Crippen LogP contribution in [0.4, 0.5) is 5.69 Å². The van der Waals surface area contributed by atoms with Crippen molar-refractivity contribution < 1.29 is 14.5 Å². The summed E-state index contributed by atoms with van der Waals surface area (Å²) in [4.78, 5) is 21.6. The molecule has 1 aromatic carbocycles. The first-order valence-corrected chi connectivity index (χ1v) is 5.50. The number of nitro benzene ring substituents is 1. The van der Waals surface area contributed by atoms with Gasteiger partial charge in [0.2, 0.25) is 0 Å². The Hall–Kier alpha value is -2.37. The topological polar surface area (TPSA) is 74.4 Å². The molecule has 1 heterocycles. The lowest BCUT2D eigenvalue weighted by molar-refractivity contribution is -0.384. The molecule has 6 nitrogen and oxygen atoms in total. The molecular formula is C12H12N2O4. The van der Waals surface area contributed by atoms with Crippen LogP contribution in [0.3, 0.4) is 0 Å². The number of fused-ring (bicyclic) bond motifs is 1. The van der Waals surface area contributed by atoms with Gasteiger partial charge in [-0.2, -0.15) is 0 Å². The van der Waals surface area contributed by atoms with E-state index >= 15 is 0 Å². The molecule has 2 rings (SSSR count). The third kappa shape index (κ3) is 2.32. The van der Waals surface area contributed by atoms with Crippen LogP contribution in [-0.4, -0.2) is 22.1 Å². The molecule has 94 valence electrons. The second-order valence-corrected chi connectivity index (χ2v) is 3.75. The van der Waals surface area contributed by atoms with Crippen LogP contribution in [0.25, 0.3) is 10.9 Å². The molecule has 0 atom stereocenters. The van der Waals surface area contributed by atoms with E-state index in [1.807, 2.05) is 0 Å². The molecule has 6 heteroatoms. The van der Waals surface area contributed by atoms with E-state index in [-0.39, 0.29) is 18.2 Å². The van der Waals surface area contributed by atoms with Crippen molar-refractivity contribution in [2.75, 3.05) is 6.61 Å². The molecule has 0 unspecified atom stereocenters. The predicted molar refractivity (Wildman–Crippen MR) is 65.2 cm³/mol. The van der Waals surface area contributed by atoms with Gasteiger partial charge >= 0.3 is 5.97 Å². The molecular weight excluding hydrogens is 236 g/mol. The standard InChI is InChI=1S/C12H12N2O4/c1-2-18-12(15)8-13-6-5-9-7-10(14(16)17)3-4-11(9)13/h3-7H,2,8H2,1H3. The van der Waals surface area contributed by atoms with Crippen molar-refractivity contribution in [3.63, 3.8) is 0 Å². The molecule has 0 saturated heterocycles. The van der Waals surface area contributed by atoms with Gasteiger partial charge in [-0.1, -0.05) is 0 Å². The quantitative estimate of drug-likeness (QED) is 0.472. The Morgan fingerprint density at radius 3 is 2.89 bits per heavy atom. The smallest absolute Gasteiger partial charge is 0.325 e. The van der Waals surface area contributed by atoms with Gasteiger partial charge in [-0.15, -0.1) is 0 Å². The molecule has 0 aliphatic carbocycles. The SMILES string of the molecule is CCOC(=O)Cn1ccc2cc([N+](=O)[O-])ccc21. The maximum atomic E-state index is 11.4. The minimum Gasteiger partial charge on any atom is -0.465 e. The Labute approximate surface area is 103 Å². The number of nitrogens with zero attached hydrogens (tertiary/aromatic N) is 2. The van der Waals surface area contributed by atoms with Gasteiger partial charge < -0.3 is 9.30 Å². The van der Waals surface area contributed by atoms with Crippen LogP contribution >= 0.6 is 0 Å². The Morgan fingerprint density at radius 1 is 1.44 bits per heavy atom. The lowest BCUT2D eigenvalue weighted by Crippen LogP contribution is -2.12. The maximum absolute atomic E-state index is 11.4. The van der Waals surface area contributed by atoms with Gasteiger partial charge in [-0.25, -0.2) is 0 Å². The average molecular weight is 248 g/mol. The monoisotopic (exact) mass is 248 g/mol. The van der Waals surface area contributed by atoms with Gasteiger partial charge in [0.1, 0.15) is 6.54 Å². The van der Waals surface area contributed by atoms with Gasteiger partial charge in [0, 0.05) is 29.2 Å². The van der Waals surface area contributed by atoms with Crippen molar-refractivity contribution in [1.82, 2.24) is 4.57 Å². The van der Waals surface area contributed by atoms with E-state index in [0.29, 0.717) is 6.61 Å². The first kappa shape index (κ1) is 12.1. The number of carbonyl (C=O) groups is 1. The molecule has 0 saturated carbocycles. The first-order chi connectivity index (χ1) is 8.61. The van der Waals surface area contributed by atoms with E-state index in [9.17, 15) is 14.9 Å². The lowest BCUT2D eigenvalue weighted by Gasteiger charge is -2.04.